The third-order valence-corrected chi connectivity index (χ3v) is 2.35. The number of alkyl halides is 1. The Bertz CT molecular complexity index is 491. The van der Waals surface area contributed by atoms with Gasteiger partial charge < -0.3 is 4.74 Å². The largest absolute Gasteiger partial charge is 0.454 e. The van der Waals surface area contributed by atoms with E-state index in [2.05, 4.69) is 9.97 Å². The molecule has 0 atom stereocenters. The molecule has 0 aromatic carbocycles. The highest BCUT2D eigenvalue weighted by Gasteiger charge is 2.00. The number of halogens is 2. The molecule has 3 nitrogen and oxygen atoms in total. The molecule has 0 spiro atoms. The molecule has 0 aliphatic heterocycles. The van der Waals surface area contributed by atoms with Gasteiger partial charge in [0.05, 0.1) is 17.4 Å². The molecule has 2 aromatic rings. The molecule has 0 aliphatic carbocycles. The van der Waals surface area contributed by atoms with E-state index < -0.39 is 0 Å². The Morgan fingerprint density at radius 1 is 1.00 bits per heavy atom. The van der Waals surface area contributed by atoms with E-state index in [1.165, 1.54) is 0 Å². The monoisotopic (exact) mass is 254 g/mol. The Kier molecular flexibility index (Phi) is 3.59. The quantitative estimate of drug-likeness (QED) is 0.785. The van der Waals surface area contributed by atoms with Crippen molar-refractivity contribution in [3.63, 3.8) is 0 Å². The highest BCUT2D eigenvalue weighted by molar-refractivity contribution is 6.30. The van der Waals surface area contributed by atoms with Crippen molar-refractivity contribution >= 4 is 23.2 Å². The molecule has 0 N–H and O–H groups in total. The van der Waals surface area contributed by atoms with Crippen molar-refractivity contribution in [1.29, 1.82) is 0 Å². The lowest BCUT2D eigenvalue weighted by molar-refractivity contribution is 0.477. The maximum Gasteiger partial charge on any atom is 0.147 e. The SMILES string of the molecule is ClCc1cncc(Oc2cncc(Cl)c2)c1. The smallest absolute Gasteiger partial charge is 0.147 e. The van der Waals surface area contributed by atoms with Gasteiger partial charge in [-0.25, -0.2) is 0 Å². The third kappa shape index (κ3) is 2.84. The number of pyridine rings is 2. The first kappa shape index (κ1) is 11.2. The highest BCUT2D eigenvalue weighted by Crippen LogP contribution is 2.23. The van der Waals surface area contributed by atoms with E-state index in [1.807, 2.05) is 6.07 Å². The van der Waals surface area contributed by atoms with Crippen LogP contribution in [0.5, 0.6) is 11.5 Å². The number of ether oxygens (including phenoxy) is 1. The molecule has 2 heterocycles. The van der Waals surface area contributed by atoms with E-state index in [-0.39, 0.29) is 0 Å². The Labute approximate surface area is 103 Å². The molecule has 0 amide bonds. The average Bonchev–Trinajstić information content (AvgIpc) is 2.29. The van der Waals surface area contributed by atoms with E-state index in [0.717, 1.165) is 5.56 Å². The summed E-state index contributed by atoms with van der Waals surface area (Å²) in [7, 11) is 0. The fourth-order valence-corrected chi connectivity index (χ4v) is 1.49. The summed E-state index contributed by atoms with van der Waals surface area (Å²) in [6, 6.07) is 3.50. The van der Waals surface area contributed by atoms with E-state index in [0.29, 0.717) is 22.4 Å². The van der Waals surface area contributed by atoms with E-state index >= 15 is 0 Å². The van der Waals surface area contributed by atoms with Crippen molar-refractivity contribution in [3.8, 4) is 11.5 Å². The van der Waals surface area contributed by atoms with Crippen molar-refractivity contribution in [2.24, 2.45) is 0 Å². The number of hydrogen-bond donors (Lipinski definition) is 0. The van der Waals surface area contributed by atoms with Crippen LogP contribution >= 0.6 is 23.2 Å². The predicted octanol–water partition coefficient (Wildman–Crippen LogP) is 3.66. The average molecular weight is 255 g/mol. The van der Waals surface area contributed by atoms with Crippen LogP contribution in [0.3, 0.4) is 0 Å². The van der Waals surface area contributed by atoms with Gasteiger partial charge in [0.15, 0.2) is 0 Å². The lowest BCUT2D eigenvalue weighted by Gasteiger charge is -2.05. The summed E-state index contributed by atoms with van der Waals surface area (Å²) in [5.74, 6) is 1.58. The molecule has 2 aromatic heterocycles. The normalized spacial score (nSPS) is 10.1. The Balaban J connectivity index is 2.20. The van der Waals surface area contributed by atoms with Crippen molar-refractivity contribution in [2.45, 2.75) is 5.88 Å². The fourth-order valence-electron chi connectivity index (χ4n) is 1.18. The number of rotatable bonds is 3. The van der Waals surface area contributed by atoms with Crippen LogP contribution in [0, 0.1) is 0 Å². The number of aromatic nitrogens is 2. The minimum absolute atomic E-state index is 0.401. The van der Waals surface area contributed by atoms with Gasteiger partial charge in [-0.3, -0.25) is 9.97 Å². The lowest BCUT2D eigenvalue weighted by Crippen LogP contribution is -1.88. The second kappa shape index (κ2) is 5.14. The molecule has 2 rings (SSSR count). The van der Waals surface area contributed by atoms with Gasteiger partial charge in [0.25, 0.3) is 0 Å². The van der Waals surface area contributed by atoms with Gasteiger partial charge in [0, 0.05) is 24.3 Å². The van der Waals surface area contributed by atoms with Crippen molar-refractivity contribution in [2.75, 3.05) is 0 Å². The molecule has 16 heavy (non-hydrogen) atoms. The Hall–Kier alpha value is -1.32. The molecule has 0 bridgehead atoms. The first-order valence-electron chi connectivity index (χ1n) is 4.56. The summed E-state index contributed by atoms with van der Waals surface area (Å²) >= 11 is 11.5. The van der Waals surface area contributed by atoms with Crippen LogP contribution in [0.2, 0.25) is 5.02 Å². The van der Waals surface area contributed by atoms with Crippen LogP contribution in [0.4, 0.5) is 0 Å². The van der Waals surface area contributed by atoms with E-state index in [4.69, 9.17) is 27.9 Å². The van der Waals surface area contributed by atoms with Crippen molar-refractivity contribution in [1.82, 2.24) is 9.97 Å². The highest BCUT2D eigenvalue weighted by atomic mass is 35.5. The second-order valence-electron chi connectivity index (χ2n) is 3.10. The molecule has 5 heteroatoms. The van der Waals surface area contributed by atoms with E-state index in [9.17, 15) is 0 Å². The van der Waals surface area contributed by atoms with Crippen molar-refractivity contribution in [3.05, 3.63) is 47.5 Å². The minimum atomic E-state index is 0.401. The maximum absolute atomic E-state index is 5.79. The van der Waals surface area contributed by atoms with Gasteiger partial charge in [0.1, 0.15) is 11.5 Å². The van der Waals surface area contributed by atoms with Gasteiger partial charge in [-0.2, -0.15) is 0 Å². The predicted molar refractivity (Wildman–Crippen MR) is 63.1 cm³/mol. The molecule has 0 unspecified atom stereocenters. The molecule has 0 aliphatic rings. The van der Waals surface area contributed by atoms with Gasteiger partial charge in [0.2, 0.25) is 0 Å². The van der Waals surface area contributed by atoms with Crippen LogP contribution in [0.25, 0.3) is 0 Å². The van der Waals surface area contributed by atoms with Crippen molar-refractivity contribution < 1.29 is 4.74 Å². The third-order valence-electron chi connectivity index (χ3n) is 1.84. The lowest BCUT2D eigenvalue weighted by atomic mass is 10.3. The summed E-state index contributed by atoms with van der Waals surface area (Å²) in [5, 5.41) is 0.527. The standard InChI is InChI=1S/C11H8Cl2N2O/c12-3-8-1-10(6-14-4-8)16-11-2-9(13)5-15-7-11/h1-2,4-7H,3H2. The Morgan fingerprint density at radius 3 is 2.38 bits per heavy atom. The van der Waals surface area contributed by atoms with Crippen LogP contribution in [-0.2, 0) is 5.88 Å². The maximum atomic E-state index is 5.79. The van der Waals surface area contributed by atoms with Gasteiger partial charge >= 0.3 is 0 Å². The zero-order valence-electron chi connectivity index (χ0n) is 8.23. The van der Waals surface area contributed by atoms with Crippen LogP contribution in [0.15, 0.2) is 36.9 Å². The topological polar surface area (TPSA) is 35.0 Å². The second-order valence-corrected chi connectivity index (χ2v) is 3.81. The number of hydrogen-bond acceptors (Lipinski definition) is 3. The zero-order chi connectivity index (χ0) is 11.4. The first-order chi connectivity index (χ1) is 7.78. The van der Waals surface area contributed by atoms with Crippen LogP contribution < -0.4 is 4.74 Å². The summed E-state index contributed by atoms with van der Waals surface area (Å²) in [5.41, 5.74) is 0.897. The van der Waals surface area contributed by atoms with Gasteiger partial charge in [-0.15, -0.1) is 11.6 Å². The summed E-state index contributed by atoms with van der Waals surface area (Å²) < 4.78 is 5.53. The summed E-state index contributed by atoms with van der Waals surface area (Å²) in [6.07, 6.45) is 6.42. The number of nitrogens with zero attached hydrogens (tertiary/aromatic N) is 2. The molecule has 0 saturated heterocycles. The molecule has 0 fully saturated rings. The van der Waals surface area contributed by atoms with Gasteiger partial charge in [-0.05, 0) is 11.6 Å². The minimum Gasteiger partial charge on any atom is -0.454 e. The van der Waals surface area contributed by atoms with Gasteiger partial charge in [-0.1, -0.05) is 11.6 Å². The zero-order valence-corrected chi connectivity index (χ0v) is 9.74. The first-order valence-corrected chi connectivity index (χ1v) is 5.47. The van der Waals surface area contributed by atoms with Crippen LogP contribution in [-0.4, -0.2) is 9.97 Å². The summed E-state index contributed by atoms with van der Waals surface area (Å²) in [6.45, 7) is 0. The molecular formula is C11H8Cl2N2O. The molecule has 0 saturated carbocycles. The van der Waals surface area contributed by atoms with Crippen LogP contribution in [0.1, 0.15) is 5.56 Å². The molecular weight excluding hydrogens is 247 g/mol. The Morgan fingerprint density at radius 2 is 1.69 bits per heavy atom. The fraction of sp³-hybridized carbons (Fsp3) is 0.0909. The van der Waals surface area contributed by atoms with E-state index in [1.54, 1.807) is 30.9 Å². The molecule has 82 valence electrons. The summed E-state index contributed by atoms with van der Waals surface area (Å²) in [4.78, 5) is 7.93. The molecule has 0 radical (unpaired) electrons.